The van der Waals surface area contributed by atoms with Crippen LogP contribution >= 0.6 is 11.6 Å². The van der Waals surface area contributed by atoms with Crippen LogP contribution in [0, 0.1) is 0 Å². The van der Waals surface area contributed by atoms with E-state index in [1.165, 1.54) is 12.3 Å². The van der Waals surface area contributed by atoms with E-state index in [4.69, 9.17) is 11.6 Å². The minimum absolute atomic E-state index is 0.0344. The van der Waals surface area contributed by atoms with Gasteiger partial charge in [0.25, 0.3) is 12.0 Å². The van der Waals surface area contributed by atoms with Gasteiger partial charge < -0.3 is 10.3 Å². The van der Waals surface area contributed by atoms with Crippen LogP contribution in [0.25, 0.3) is 0 Å². The van der Waals surface area contributed by atoms with Gasteiger partial charge in [0, 0.05) is 18.5 Å². The van der Waals surface area contributed by atoms with Crippen molar-refractivity contribution in [1.82, 2.24) is 26.2 Å². The zero-order chi connectivity index (χ0) is 19.0. The molecule has 3 N–H and O–H groups in total. The van der Waals surface area contributed by atoms with Crippen molar-refractivity contribution in [2.45, 2.75) is 19.4 Å². The number of benzene rings is 1. The molecule has 7 nitrogen and oxygen atoms in total. The van der Waals surface area contributed by atoms with Gasteiger partial charge in [-0.2, -0.15) is 5.10 Å². The summed E-state index contributed by atoms with van der Waals surface area (Å²) < 4.78 is 26.4. The molecule has 2 aromatic rings. The van der Waals surface area contributed by atoms with Crippen LogP contribution in [0.4, 0.5) is 14.5 Å². The van der Waals surface area contributed by atoms with E-state index >= 15 is 0 Å². The van der Waals surface area contributed by atoms with E-state index in [9.17, 15) is 13.6 Å². The minimum Gasteiger partial charge on any atom is -0.363 e. The second kappa shape index (κ2) is 7.16. The molecule has 0 saturated heterocycles. The topological polar surface area (TPSA) is 76.3 Å². The Hall–Kier alpha value is -2.65. The summed E-state index contributed by atoms with van der Waals surface area (Å²) in [5.74, 6) is 0. The van der Waals surface area contributed by atoms with Gasteiger partial charge in [-0.15, -0.1) is 5.53 Å². The number of hydrogen-bond donors (Lipinski definition) is 3. The van der Waals surface area contributed by atoms with E-state index in [0.717, 1.165) is 11.4 Å². The maximum Gasteiger partial charge on any atom is 0.285 e. The average molecular weight is 395 g/mol. The minimum atomic E-state index is -2.52. The molecule has 2 aliphatic heterocycles. The number of hydrazine groups is 2. The van der Waals surface area contributed by atoms with E-state index in [1.807, 2.05) is 9.91 Å². The molecule has 1 aromatic heterocycles. The van der Waals surface area contributed by atoms with Crippen LogP contribution in [0.3, 0.4) is 0 Å². The van der Waals surface area contributed by atoms with Crippen molar-refractivity contribution in [2.24, 2.45) is 0 Å². The van der Waals surface area contributed by atoms with Crippen LogP contribution in [-0.2, 0) is 6.54 Å². The molecule has 0 saturated carbocycles. The summed E-state index contributed by atoms with van der Waals surface area (Å²) in [7, 11) is 0. The average Bonchev–Trinajstić information content (AvgIpc) is 3.06. The number of aromatic amines is 1. The van der Waals surface area contributed by atoms with E-state index in [-0.39, 0.29) is 10.6 Å². The first-order valence-corrected chi connectivity index (χ1v) is 8.77. The lowest BCUT2D eigenvalue weighted by Crippen LogP contribution is -2.37. The van der Waals surface area contributed by atoms with Crippen LogP contribution in [0.2, 0.25) is 5.02 Å². The van der Waals surface area contributed by atoms with Crippen LogP contribution in [0.15, 0.2) is 46.7 Å². The third kappa shape index (κ3) is 3.35. The number of nitrogens with zero attached hydrogens (tertiary/aromatic N) is 3. The molecule has 3 heterocycles. The number of halogens is 3. The SMILES string of the molecule is O=c1[nH]ncc(N2CCC3=C(C2)NNN3Cc2ccccc2C(F)F)c1Cl. The monoisotopic (exact) mass is 394 g/mol. The van der Waals surface area contributed by atoms with Gasteiger partial charge in [-0.05, 0) is 5.56 Å². The first-order valence-electron chi connectivity index (χ1n) is 8.40. The van der Waals surface area contributed by atoms with E-state index in [0.29, 0.717) is 37.3 Å². The molecule has 27 heavy (non-hydrogen) atoms. The summed E-state index contributed by atoms with van der Waals surface area (Å²) in [6.07, 6.45) is -0.332. The zero-order valence-electron chi connectivity index (χ0n) is 14.2. The number of rotatable bonds is 4. The molecule has 142 valence electrons. The van der Waals surface area contributed by atoms with Gasteiger partial charge in [-0.1, -0.05) is 35.9 Å². The van der Waals surface area contributed by atoms with Crippen molar-refractivity contribution >= 4 is 17.3 Å². The molecule has 10 heteroatoms. The third-order valence-corrected chi connectivity index (χ3v) is 5.09. The Labute approximate surface area is 158 Å². The second-order valence-electron chi connectivity index (χ2n) is 6.32. The van der Waals surface area contributed by atoms with Crippen LogP contribution in [0.5, 0.6) is 0 Å². The molecular formula is C17H17ClF2N6O. The summed E-state index contributed by atoms with van der Waals surface area (Å²) >= 11 is 6.09. The predicted molar refractivity (Wildman–Crippen MR) is 96.9 cm³/mol. The summed E-state index contributed by atoms with van der Waals surface area (Å²) in [6, 6.07) is 6.52. The highest BCUT2D eigenvalue weighted by Gasteiger charge is 2.30. The van der Waals surface area contributed by atoms with Crippen molar-refractivity contribution in [3.63, 3.8) is 0 Å². The molecule has 0 atom stereocenters. The molecule has 0 radical (unpaired) electrons. The van der Waals surface area contributed by atoms with E-state index in [1.54, 1.807) is 18.2 Å². The van der Waals surface area contributed by atoms with E-state index in [2.05, 4.69) is 21.2 Å². The number of aromatic nitrogens is 2. The number of hydrogen-bond acceptors (Lipinski definition) is 6. The van der Waals surface area contributed by atoms with Gasteiger partial charge in [0.05, 0.1) is 36.4 Å². The Morgan fingerprint density at radius 3 is 2.93 bits per heavy atom. The largest absolute Gasteiger partial charge is 0.363 e. The fourth-order valence-corrected chi connectivity index (χ4v) is 3.57. The third-order valence-electron chi connectivity index (χ3n) is 4.72. The number of anilines is 1. The summed E-state index contributed by atoms with van der Waals surface area (Å²) in [5.41, 5.74) is 8.77. The van der Waals surface area contributed by atoms with Crippen LogP contribution in [0.1, 0.15) is 24.0 Å². The molecule has 0 fully saturated rings. The second-order valence-corrected chi connectivity index (χ2v) is 6.70. The highest BCUT2D eigenvalue weighted by molar-refractivity contribution is 6.33. The van der Waals surface area contributed by atoms with Gasteiger partial charge >= 0.3 is 0 Å². The maximum atomic E-state index is 13.2. The predicted octanol–water partition coefficient (Wildman–Crippen LogP) is 2.31. The highest BCUT2D eigenvalue weighted by Crippen LogP contribution is 2.30. The smallest absolute Gasteiger partial charge is 0.285 e. The quantitative estimate of drug-likeness (QED) is 0.739. The lowest BCUT2D eigenvalue weighted by Gasteiger charge is -2.31. The molecule has 2 aliphatic rings. The number of alkyl halides is 2. The Morgan fingerprint density at radius 2 is 2.11 bits per heavy atom. The van der Waals surface area contributed by atoms with Gasteiger partial charge in [-0.25, -0.2) is 13.9 Å². The fraction of sp³-hybridized carbons (Fsp3) is 0.294. The first-order chi connectivity index (χ1) is 13.0. The molecule has 4 rings (SSSR count). The van der Waals surface area contributed by atoms with Crippen molar-refractivity contribution < 1.29 is 8.78 Å². The standard InChI is InChI=1S/C17H17ClF2N6O/c18-15-14(7-21-23-17(15)27)25-6-5-13-12(9-25)22-24-26(13)8-10-3-1-2-4-11(10)16(19)20/h1-4,7,16,22,24H,5-6,8-9H2,(H,23,27). The Kier molecular flexibility index (Phi) is 4.71. The van der Waals surface area contributed by atoms with Gasteiger partial charge in [-0.3, -0.25) is 9.80 Å². The molecule has 0 aliphatic carbocycles. The summed E-state index contributed by atoms with van der Waals surface area (Å²) in [4.78, 5) is 13.6. The van der Waals surface area contributed by atoms with Crippen LogP contribution in [-0.4, -0.2) is 28.3 Å². The fourth-order valence-electron chi connectivity index (χ4n) is 3.36. The van der Waals surface area contributed by atoms with Crippen molar-refractivity contribution in [3.05, 3.63) is 68.4 Å². The molecule has 1 aromatic carbocycles. The molecular weight excluding hydrogens is 378 g/mol. The Balaban J connectivity index is 1.54. The summed E-state index contributed by atoms with van der Waals surface area (Å²) in [6.45, 7) is 1.44. The first kappa shape index (κ1) is 17.7. The lowest BCUT2D eigenvalue weighted by atomic mass is 10.1. The van der Waals surface area contributed by atoms with Crippen molar-refractivity contribution in [2.75, 3.05) is 18.0 Å². The van der Waals surface area contributed by atoms with Gasteiger partial charge in [0.2, 0.25) is 0 Å². The summed E-state index contributed by atoms with van der Waals surface area (Å²) in [5, 5.41) is 8.04. The molecule has 0 spiro atoms. The number of nitrogens with one attached hydrogen (secondary N) is 3. The van der Waals surface area contributed by atoms with Crippen molar-refractivity contribution in [1.29, 1.82) is 0 Å². The lowest BCUT2D eigenvalue weighted by molar-refractivity contribution is 0.147. The normalized spacial score (nSPS) is 16.7. The molecule has 0 unspecified atom stereocenters. The Bertz CT molecular complexity index is 947. The van der Waals surface area contributed by atoms with Crippen LogP contribution < -0.4 is 21.4 Å². The van der Waals surface area contributed by atoms with E-state index < -0.39 is 12.0 Å². The zero-order valence-corrected chi connectivity index (χ0v) is 14.9. The number of H-pyrrole nitrogens is 1. The highest BCUT2D eigenvalue weighted by atomic mass is 35.5. The van der Waals surface area contributed by atoms with Gasteiger partial charge in [0.15, 0.2) is 0 Å². The maximum absolute atomic E-state index is 13.2. The molecule has 0 bridgehead atoms. The van der Waals surface area contributed by atoms with Gasteiger partial charge in [0.1, 0.15) is 5.02 Å². The van der Waals surface area contributed by atoms with Crippen molar-refractivity contribution in [3.8, 4) is 0 Å². The Morgan fingerprint density at radius 1 is 1.30 bits per heavy atom. The molecule has 0 amide bonds.